The van der Waals surface area contributed by atoms with Crippen LogP contribution in [-0.2, 0) is 0 Å². The van der Waals surface area contributed by atoms with Gasteiger partial charge < -0.3 is 10.1 Å². The molecule has 0 aliphatic carbocycles. The average molecular weight is 321 g/mol. The molecule has 2 aromatic rings. The first-order valence-corrected chi connectivity index (χ1v) is 7.29. The second-order valence-electron chi connectivity index (χ2n) is 4.78. The molecule has 0 saturated carbocycles. The SMILES string of the molecule is CNCCC(Oc1cc([N+](=O)[O-])ccc1Cl)c1ccccc1. The van der Waals surface area contributed by atoms with E-state index in [4.69, 9.17) is 16.3 Å². The lowest BCUT2D eigenvalue weighted by Crippen LogP contribution is -2.16. The fraction of sp³-hybridized carbons (Fsp3) is 0.250. The van der Waals surface area contributed by atoms with Crippen LogP contribution in [-0.4, -0.2) is 18.5 Å². The van der Waals surface area contributed by atoms with Crippen molar-refractivity contribution in [3.05, 3.63) is 69.2 Å². The van der Waals surface area contributed by atoms with E-state index < -0.39 is 4.92 Å². The maximum Gasteiger partial charge on any atom is 0.273 e. The fourth-order valence-electron chi connectivity index (χ4n) is 2.09. The van der Waals surface area contributed by atoms with Gasteiger partial charge in [-0.05, 0) is 25.2 Å². The van der Waals surface area contributed by atoms with Crippen LogP contribution in [0.1, 0.15) is 18.1 Å². The molecule has 1 unspecified atom stereocenters. The van der Waals surface area contributed by atoms with E-state index in [1.54, 1.807) is 0 Å². The normalized spacial score (nSPS) is 11.9. The molecule has 116 valence electrons. The van der Waals surface area contributed by atoms with E-state index in [0.717, 1.165) is 18.5 Å². The highest BCUT2D eigenvalue weighted by Gasteiger charge is 2.17. The number of ether oxygens (including phenoxy) is 1. The zero-order valence-electron chi connectivity index (χ0n) is 12.2. The molecule has 0 aliphatic rings. The van der Waals surface area contributed by atoms with Crippen molar-refractivity contribution in [2.75, 3.05) is 13.6 Å². The van der Waals surface area contributed by atoms with E-state index in [-0.39, 0.29) is 11.8 Å². The summed E-state index contributed by atoms with van der Waals surface area (Å²) in [6, 6.07) is 13.9. The number of nitro groups is 1. The zero-order chi connectivity index (χ0) is 15.9. The van der Waals surface area contributed by atoms with E-state index in [1.165, 1.54) is 18.2 Å². The monoisotopic (exact) mass is 320 g/mol. The molecule has 5 nitrogen and oxygen atoms in total. The minimum absolute atomic E-state index is 0.0418. The van der Waals surface area contributed by atoms with Gasteiger partial charge in [-0.15, -0.1) is 0 Å². The Labute approximate surface area is 134 Å². The molecule has 0 aromatic heterocycles. The minimum Gasteiger partial charge on any atom is -0.484 e. The Hall–Kier alpha value is -2.11. The molecule has 0 spiro atoms. The Morgan fingerprint density at radius 1 is 1.27 bits per heavy atom. The first-order valence-electron chi connectivity index (χ1n) is 6.92. The van der Waals surface area contributed by atoms with Crippen molar-refractivity contribution in [2.24, 2.45) is 0 Å². The summed E-state index contributed by atoms with van der Waals surface area (Å²) < 4.78 is 5.95. The third-order valence-electron chi connectivity index (χ3n) is 3.22. The maximum atomic E-state index is 10.9. The van der Waals surface area contributed by atoms with Crippen LogP contribution in [0.15, 0.2) is 48.5 Å². The standard InChI is InChI=1S/C16H17ClN2O3/c1-18-10-9-15(12-5-3-2-4-6-12)22-16-11-13(19(20)21)7-8-14(16)17/h2-8,11,15,18H,9-10H2,1H3. The third-order valence-corrected chi connectivity index (χ3v) is 3.53. The highest BCUT2D eigenvalue weighted by Crippen LogP contribution is 2.33. The number of non-ortho nitro benzene ring substituents is 1. The zero-order valence-corrected chi connectivity index (χ0v) is 12.9. The van der Waals surface area contributed by atoms with Crippen LogP contribution in [0.5, 0.6) is 5.75 Å². The van der Waals surface area contributed by atoms with Gasteiger partial charge in [-0.1, -0.05) is 41.9 Å². The van der Waals surface area contributed by atoms with E-state index in [1.807, 2.05) is 37.4 Å². The van der Waals surface area contributed by atoms with Crippen molar-refractivity contribution in [3.8, 4) is 5.75 Å². The van der Waals surface area contributed by atoms with E-state index >= 15 is 0 Å². The van der Waals surface area contributed by atoms with Gasteiger partial charge in [0.25, 0.3) is 5.69 Å². The summed E-state index contributed by atoms with van der Waals surface area (Å²) in [5, 5.41) is 14.3. The molecular formula is C16H17ClN2O3. The average Bonchev–Trinajstić information content (AvgIpc) is 2.53. The molecule has 2 rings (SSSR count). The van der Waals surface area contributed by atoms with Crippen molar-refractivity contribution < 1.29 is 9.66 Å². The van der Waals surface area contributed by atoms with Crippen molar-refractivity contribution in [1.82, 2.24) is 5.32 Å². The second kappa shape index (κ2) is 7.77. The van der Waals surface area contributed by atoms with Gasteiger partial charge in [0.05, 0.1) is 16.0 Å². The molecule has 0 fully saturated rings. The summed E-state index contributed by atoms with van der Waals surface area (Å²) in [7, 11) is 1.86. The van der Waals surface area contributed by atoms with Crippen LogP contribution in [0.2, 0.25) is 5.02 Å². The van der Waals surface area contributed by atoms with Gasteiger partial charge in [0.15, 0.2) is 0 Å². The highest BCUT2D eigenvalue weighted by atomic mass is 35.5. The van der Waals surface area contributed by atoms with Gasteiger partial charge in [-0.3, -0.25) is 10.1 Å². The quantitative estimate of drug-likeness (QED) is 0.619. The number of nitrogens with zero attached hydrogens (tertiary/aromatic N) is 1. The van der Waals surface area contributed by atoms with Gasteiger partial charge in [0.2, 0.25) is 0 Å². The van der Waals surface area contributed by atoms with Crippen molar-refractivity contribution in [2.45, 2.75) is 12.5 Å². The summed E-state index contributed by atoms with van der Waals surface area (Å²) in [5.74, 6) is 0.320. The number of hydrogen-bond acceptors (Lipinski definition) is 4. The Balaban J connectivity index is 2.27. The van der Waals surface area contributed by atoms with E-state index in [2.05, 4.69) is 5.32 Å². The number of nitrogens with one attached hydrogen (secondary N) is 1. The molecule has 0 aliphatic heterocycles. The lowest BCUT2D eigenvalue weighted by atomic mass is 10.1. The van der Waals surface area contributed by atoms with Gasteiger partial charge in [-0.25, -0.2) is 0 Å². The molecule has 1 atom stereocenters. The number of halogens is 1. The Kier molecular flexibility index (Phi) is 5.75. The number of rotatable bonds is 7. The molecular weight excluding hydrogens is 304 g/mol. The lowest BCUT2D eigenvalue weighted by molar-refractivity contribution is -0.384. The Morgan fingerprint density at radius 2 is 2.00 bits per heavy atom. The highest BCUT2D eigenvalue weighted by molar-refractivity contribution is 6.32. The molecule has 0 amide bonds. The number of nitro benzene ring substituents is 1. The smallest absolute Gasteiger partial charge is 0.273 e. The Morgan fingerprint density at radius 3 is 2.64 bits per heavy atom. The summed E-state index contributed by atoms with van der Waals surface area (Å²) in [5.41, 5.74) is 0.958. The fourth-order valence-corrected chi connectivity index (χ4v) is 2.25. The van der Waals surface area contributed by atoms with Crippen LogP contribution in [0, 0.1) is 10.1 Å². The summed E-state index contributed by atoms with van der Waals surface area (Å²) >= 11 is 6.10. The minimum atomic E-state index is -0.464. The third kappa shape index (κ3) is 4.19. The second-order valence-corrected chi connectivity index (χ2v) is 5.19. The van der Waals surface area contributed by atoms with E-state index in [9.17, 15) is 10.1 Å². The van der Waals surface area contributed by atoms with Crippen molar-refractivity contribution in [1.29, 1.82) is 0 Å². The van der Waals surface area contributed by atoms with Gasteiger partial charge in [0, 0.05) is 12.5 Å². The van der Waals surface area contributed by atoms with Crippen LogP contribution in [0.25, 0.3) is 0 Å². The number of benzene rings is 2. The molecule has 0 bridgehead atoms. The van der Waals surface area contributed by atoms with Crippen LogP contribution in [0.4, 0.5) is 5.69 Å². The van der Waals surface area contributed by atoms with Crippen LogP contribution < -0.4 is 10.1 Å². The van der Waals surface area contributed by atoms with Crippen molar-refractivity contribution in [3.63, 3.8) is 0 Å². The first-order chi connectivity index (χ1) is 10.6. The molecule has 6 heteroatoms. The molecule has 0 radical (unpaired) electrons. The summed E-state index contributed by atoms with van der Waals surface area (Å²) in [6.45, 7) is 0.756. The predicted octanol–water partition coefficient (Wildman–Crippen LogP) is 3.98. The lowest BCUT2D eigenvalue weighted by Gasteiger charge is -2.20. The number of hydrogen-bond donors (Lipinski definition) is 1. The van der Waals surface area contributed by atoms with Crippen LogP contribution in [0.3, 0.4) is 0 Å². The first kappa shape index (κ1) is 16.3. The van der Waals surface area contributed by atoms with E-state index in [0.29, 0.717) is 10.8 Å². The van der Waals surface area contributed by atoms with Crippen molar-refractivity contribution >= 4 is 17.3 Å². The van der Waals surface area contributed by atoms with Gasteiger partial charge >= 0.3 is 0 Å². The topological polar surface area (TPSA) is 64.4 Å². The molecule has 1 N–H and O–H groups in total. The predicted molar refractivity (Wildman–Crippen MR) is 86.5 cm³/mol. The van der Waals surface area contributed by atoms with Gasteiger partial charge in [-0.2, -0.15) is 0 Å². The van der Waals surface area contributed by atoms with Gasteiger partial charge in [0.1, 0.15) is 11.9 Å². The molecule has 0 heterocycles. The molecule has 2 aromatic carbocycles. The largest absolute Gasteiger partial charge is 0.484 e. The van der Waals surface area contributed by atoms with Crippen LogP contribution >= 0.6 is 11.6 Å². The molecule has 22 heavy (non-hydrogen) atoms. The summed E-state index contributed by atoms with van der Waals surface area (Å²) in [6.07, 6.45) is 0.493. The Bertz CT molecular complexity index is 635. The maximum absolute atomic E-state index is 10.9. The molecule has 0 saturated heterocycles. The summed E-state index contributed by atoms with van der Waals surface area (Å²) in [4.78, 5) is 10.4.